The highest BCUT2D eigenvalue weighted by Gasteiger charge is 2.15. The quantitative estimate of drug-likeness (QED) is 0.198. The summed E-state index contributed by atoms with van der Waals surface area (Å²) in [6, 6.07) is 18.5. The molecule has 0 fully saturated rings. The molecule has 0 aliphatic rings. The minimum atomic E-state index is -0.725. The zero-order chi connectivity index (χ0) is 28.9. The van der Waals surface area contributed by atoms with E-state index >= 15 is 0 Å². The second kappa shape index (κ2) is 15.8. The monoisotopic (exact) mass is 589 g/mol. The van der Waals surface area contributed by atoms with Crippen LogP contribution in [0.4, 0.5) is 4.79 Å². The van der Waals surface area contributed by atoms with Crippen molar-refractivity contribution < 1.29 is 33.3 Å². The third kappa shape index (κ3) is 10.2. The summed E-state index contributed by atoms with van der Waals surface area (Å²) in [6.45, 7) is 6.74. The highest BCUT2D eigenvalue weighted by Crippen LogP contribution is 2.40. The zero-order valence-electron chi connectivity index (χ0n) is 22.7. The highest BCUT2D eigenvalue weighted by atomic mass is 35.5. The number of alkyl carbamates (subject to hydrolysis) is 1. The molecule has 1 amide bonds. The first-order valence-electron chi connectivity index (χ1n) is 12.9. The predicted molar refractivity (Wildman–Crippen MR) is 154 cm³/mol. The summed E-state index contributed by atoms with van der Waals surface area (Å²) >= 11 is 13.0. The maximum absolute atomic E-state index is 11.7. The number of hydrogen-bond acceptors (Lipinski definition) is 7. The summed E-state index contributed by atoms with van der Waals surface area (Å²) in [5.74, 6) is 1.68. The number of carbonyl (C=O) groups is 2. The number of hydrogen-bond donors (Lipinski definition) is 1. The Morgan fingerprint density at radius 3 is 2.27 bits per heavy atom. The fraction of sp³-hybridized carbons (Fsp3) is 0.333. The average Bonchev–Trinajstić information content (AvgIpc) is 2.93. The molecule has 0 atom stereocenters. The van der Waals surface area contributed by atoms with Crippen LogP contribution in [0.1, 0.15) is 31.9 Å². The van der Waals surface area contributed by atoms with Crippen molar-refractivity contribution in [1.29, 1.82) is 0 Å². The molecule has 0 unspecified atom stereocenters. The van der Waals surface area contributed by atoms with Crippen LogP contribution in [0.3, 0.4) is 0 Å². The summed E-state index contributed by atoms with van der Waals surface area (Å²) in [4.78, 5) is 23.1. The van der Waals surface area contributed by atoms with Crippen molar-refractivity contribution in [1.82, 2.24) is 5.32 Å². The van der Waals surface area contributed by atoms with E-state index in [1.165, 1.54) is 0 Å². The van der Waals surface area contributed by atoms with Crippen molar-refractivity contribution in [3.05, 3.63) is 81.8 Å². The molecule has 0 saturated heterocycles. The van der Waals surface area contributed by atoms with E-state index in [1.807, 2.05) is 30.3 Å². The summed E-state index contributed by atoms with van der Waals surface area (Å²) in [7, 11) is 0. The lowest BCUT2D eigenvalue weighted by Crippen LogP contribution is -2.31. The van der Waals surface area contributed by atoms with Gasteiger partial charge in [-0.05, 0) is 48.2 Å². The zero-order valence-corrected chi connectivity index (χ0v) is 24.2. The van der Waals surface area contributed by atoms with Gasteiger partial charge in [-0.3, -0.25) is 4.79 Å². The van der Waals surface area contributed by atoms with Crippen LogP contribution in [0.2, 0.25) is 10.0 Å². The largest absolute Gasteiger partial charge is 0.489 e. The Labute approximate surface area is 244 Å². The summed E-state index contributed by atoms with van der Waals surface area (Å²) in [6.07, 6.45) is -0.371. The Kier molecular flexibility index (Phi) is 12.2. The maximum atomic E-state index is 11.7. The van der Waals surface area contributed by atoms with Gasteiger partial charge in [0.15, 0.2) is 17.2 Å². The van der Waals surface area contributed by atoms with Crippen molar-refractivity contribution in [3.63, 3.8) is 0 Å². The molecule has 0 spiro atoms. The molecule has 0 aliphatic heterocycles. The minimum absolute atomic E-state index is 0.0580. The molecule has 40 heavy (non-hydrogen) atoms. The molecule has 3 aromatic carbocycles. The number of amides is 1. The van der Waals surface area contributed by atoms with Crippen LogP contribution in [0.15, 0.2) is 60.7 Å². The minimum Gasteiger partial charge on any atom is -0.489 e. The molecule has 3 aromatic rings. The first-order chi connectivity index (χ1) is 19.2. The second-order valence-corrected chi connectivity index (χ2v) is 9.94. The smallest absolute Gasteiger partial charge is 0.407 e. The molecule has 0 aromatic heterocycles. The fourth-order valence-electron chi connectivity index (χ4n) is 3.42. The summed E-state index contributed by atoms with van der Waals surface area (Å²) < 4.78 is 27.9. The number of benzene rings is 3. The Hall–Kier alpha value is -3.62. The summed E-state index contributed by atoms with van der Waals surface area (Å²) in [5, 5.41) is 2.91. The van der Waals surface area contributed by atoms with E-state index in [0.717, 1.165) is 11.1 Å². The highest BCUT2D eigenvalue weighted by molar-refractivity contribution is 6.37. The van der Waals surface area contributed by atoms with Gasteiger partial charge >= 0.3 is 12.1 Å². The van der Waals surface area contributed by atoms with Gasteiger partial charge in [0.25, 0.3) is 0 Å². The van der Waals surface area contributed by atoms with Crippen molar-refractivity contribution in [2.24, 2.45) is 5.92 Å². The molecular weight excluding hydrogens is 557 g/mol. The van der Waals surface area contributed by atoms with Crippen LogP contribution < -0.4 is 19.5 Å². The molecule has 1 N–H and O–H groups in total. The lowest BCUT2D eigenvalue weighted by atomic mass is 10.1. The predicted octanol–water partition coefficient (Wildman–Crippen LogP) is 7.23. The van der Waals surface area contributed by atoms with Gasteiger partial charge in [0, 0.05) is 12.5 Å². The first-order valence-corrected chi connectivity index (χ1v) is 13.7. The first kappa shape index (κ1) is 30.9. The SMILES string of the molecule is CCOC(=O)CNC(=O)OCCc1cc(Cl)c(Oc2ccc(OCc3ccccc3)c(OCC(C)C)c2)c(Cl)c1. The lowest BCUT2D eigenvalue weighted by molar-refractivity contribution is -0.141. The van der Waals surface area contributed by atoms with Gasteiger partial charge in [-0.1, -0.05) is 67.4 Å². The van der Waals surface area contributed by atoms with E-state index in [9.17, 15) is 9.59 Å². The Bertz CT molecular complexity index is 1250. The van der Waals surface area contributed by atoms with Crippen molar-refractivity contribution >= 4 is 35.3 Å². The van der Waals surface area contributed by atoms with Gasteiger partial charge < -0.3 is 29.0 Å². The number of rotatable bonds is 14. The van der Waals surface area contributed by atoms with Crippen molar-refractivity contribution in [2.75, 3.05) is 26.4 Å². The van der Waals surface area contributed by atoms with Crippen LogP contribution in [0.25, 0.3) is 0 Å². The van der Waals surface area contributed by atoms with Gasteiger partial charge in [-0.2, -0.15) is 0 Å². The Balaban J connectivity index is 1.63. The third-order valence-electron chi connectivity index (χ3n) is 5.31. The molecular formula is C30H33Cl2NO7. The van der Waals surface area contributed by atoms with E-state index in [1.54, 1.807) is 37.3 Å². The molecule has 0 heterocycles. The number of nitrogens with one attached hydrogen (secondary N) is 1. The van der Waals surface area contributed by atoms with Gasteiger partial charge in [0.05, 0.1) is 29.9 Å². The molecule has 3 rings (SSSR count). The van der Waals surface area contributed by atoms with Gasteiger partial charge in [0.1, 0.15) is 18.9 Å². The van der Waals surface area contributed by atoms with E-state index in [4.69, 9.17) is 46.9 Å². The van der Waals surface area contributed by atoms with Crippen molar-refractivity contribution in [2.45, 2.75) is 33.8 Å². The number of carbonyl (C=O) groups excluding carboxylic acids is 2. The standard InChI is InChI=1S/C30H33Cl2NO7/c1-4-36-28(34)17-33-30(35)37-13-12-22-14-24(31)29(25(32)15-22)40-23-10-11-26(27(16-23)38-18-20(2)3)39-19-21-8-6-5-7-9-21/h5-11,14-16,20H,4,12-13,17-19H2,1-3H3,(H,33,35). The second-order valence-electron chi connectivity index (χ2n) is 9.12. The van der Waals surface area contributed by atoms with E-state index in [2.05, 4.69) is 19.2 Å². The number of halogens is 2. The molecule has 0 aliphatic carbocycles. The average molecular weight is 591 g/mol. The van der Waals surface area contributed by atoms with Gasteiger partial charge in [-0.15, -0.1) is 0 Å². The molecule has 0 bridgehead atoms. The maximum Gasteiger partial charge on any atom is 0.407 e. The fourth-order valence-corrected chi connectivity index (χ4v) is 4.03. The van der Waals surface area contributed by atoms with E-state index in [-0.39, 0.29) is 25.5 Å². The number of esters is 1. The van der Waals surface area contributed by atoms with E-state index in [0.29, 0.717) is 52.8 Å². The van der Waals surface area contributed by atoms with Gasteiger partial charge in [0.2, 0.25) is 0 Å². The third-order valence-corrected chi connectivity index (χ3v) is 5.87. The lowest BCUT2D eigenvalue weighted by Gasteiger charge is -2.17. The van der Waals surface area contributed by atoms with Crippen LogP contribution >= 0.6 is 23.2 Å². The van der Waals surface area contributed by atoms with E-state index < -0.39 is 12.1 Å². The molecule has 0 saturated carbocycles. The molecule has 10 heteroatoms. The van der Waals surface area contributed by atoms with Crippen LogP contribution in [0.5, 0.6) is 23.0 Å². The van der Waals surface area contributed by atoms with Crippen LogP contribution in [-0.2, 0) is 27.3 Å². The molecule has 0 radical (unpaired) electrons. The summed E-state index contributed by atoms with van der Waals surface area (Å²) in [5.41, 5.74) is 1.78. The van der Waals surface area contributed by atoms with Gasteiger partial charge in [-0.25, -0.2) is 4.79 Å². The molecule has 8 nitrogen and oxygen atoms in total. The van der Waals surface area contributed by atoms with Crippen molar-refractivity contribution in [3.8, 4) is 23.0 Å². The van der Waals surface area contributed by atoms with Crippen LogP contribution in [-0.4, -0.2) is 38.4 Å². The normalized spacial score (nSPS) is 10.7. The molecule has 214 valence electrons. The number of ether oxygens (including phenoxy) is 5. The Morgan fingerprint density at radius 1 is 0.875 bits per heavy atom. The topological polar surface area (TPSA) is 92.3 Å². The van der Waals surface area contributed by atoms with Crippen LogP contribution in [0, 0.1) is 5.92 Å². The Morgan fingerprint density at radius 2 is 1.60 bits per heavy atom.